The van der Waals surface area contributed by atoms with Gasteiger partial charge >= 0.3 is 0 Å². The number of aryl methyl sites for hydroxylation is 1. The lowest BCUT2D eigenvalue weighted by atomic mass is 10.1. The number of nitrogens with two attached hydrogens (primary N) is 1. The molecule has 0 aliphatic rings. The van der Waals surface area contributed by atoms with Crippen molar-refractivity contribution in [3.05, 3.63) is 59.4 Å². The molecule has 0 aliphatic heterocycles. The number of para-hydroxylation sites is 1. The van der Waals surface area contributed by atoms with Crippen LogP contribution in [0, 0.1) is 12.7 Å². The molecule has 2 aromatic carbocycles. The third-order valence-corrected chi connectivity index (χ3v) is 2.60. The number of benzene rings is 2. The van der Waals surface area contributed by atoms with Crippen molar-refractivity contribution in [2.45, 2.75) is 13.5 Å². The van der Waals surface area contributed by atoms with Gasteiger partial charge in [0, 0.05) is 6.54 Å². The van der Waals surface area contributed by atoms with Crippen molar-refractivity contribution < 1.29 is 9.13 Å². The van der Waals surface area contributed by atoms with Crippen molar-refractivity contribution >= 4 is 0 Å². The predicted octanol–water partition coefficient (Wildman–Crippen LogP) is 3.39. The first-order valence-corrected chi connectivity index (χ1v) is 5.42. The molecule has 0 heterocycles. The summed E-state index contributed by atoms with van der Waals surface area (Å²) in [6.07, 6.45) is 0. The minimum Gasteiger partial charge on any atom is -0.454 e. The number of hydrogen-bond donors (Lipinski definition) is 1. The van der Waals surface area contributed by atoms with Crippen LogP contribution in [0.1, 0.15) is 11.1 Å². The summed E-state index contributed by atoms with van der Waals surface area (Å²) in [7, 11) is 0. The maximum absolute atomic E-state index is 13.4. The molecule has 0 spiro atoms. The maximum Gasteiger partial charge on any atom is 0.165 e. The highest BCUT2D eigenvalue weighted by molar-refractivity contribution is 5.38. The van der Waals surface area contributed by atoms with E-state index in [1.807, 2.05) is 19.1 Å². The Kier molecular flexibility index (Phi) is 3.40. The number of ether oxygens (including phenoxy) is 1. The molecule has 2 aromatic rings. The third-order valence-electron chi connectivity index (χ3n) is 2.60. The van der Waals surface area contributed by atoms with Crippen molar-refractivity contribution in [1.29, 1.82) is 0 Å². The van der Waals surface area contributed by atoms with Gasteiger partial charge in [-0.05, 0) is 42.3 Å². The van der Waals surface area contributed by atoms with Gasteiger partial charge in [-0.25, -0.2) is 4.39 Å². The van der Waals surface area contributed by atoms with Gasteiger partial charge in [-0.1, -0.05) is 18.2 Å². The molecule has 0 bridgehead atoms. The van der Waals surface area contributed by atoms with Gasteiger partial charge in [-0.2, -0.15) is 0 Å². The van der Waals surface area contributed by atoms with Crippen molar-refractivity contribution in [3.63, 3.8) is 0 Å². The zero-order valence-electron chi connectivity index (χ0n) is 9.61. The van der Waals surface area contributed by atoms with Crippen LogP contribution in [-0.2, 0) is 6.54 Å². The second kappa shape index (κ2) is 4.97. The van der Waals surface area contributed by atoms with Crippen molar-refractivity contribution in [2.24, 2.45) is 5.73 Å². The quantitative estimate of drug-likeness (QED) is 0.878. The van der Waals surface area contributed by atoms with E-state index in [9.17, 15) is 4.39 Å². The Hall–Kier alpha value is -1.87. The molecule has 0 unspecified atom stereocenters. The first-order valence-electron chi connectivity index (χ1n) is 5.42. The Balaban J connectivity index is 2.25. The summed E-state index contributed by atoms with van der Waals surface area (Å²) in [6.45, 7) is 2.45. The lowest BCUT2D eigenvalue weighted by Crippen LogP contribution is -1.99. The van der Waals surface area contributed by atoms with Gasteiger partial charge in [-0.15, -0.1) is 0 Å². The smallest absolute Gasteiger partial charge is 0.165 e. The third kappa shape index (κ3) is 2.63. The van der Waals surface area contributed by atoms with E-state index in [-0.39, 0.29) is 11.6 Å². The fourth-order valence-corrected chi connectivity index (χ4v) is 1.62. The van der Waals surface area contributed by atoms with E-state index in [1.165, 1.54) is 6.07 Å². The molecule has 0 radical (unpaired) electrons. The summed E-state index contributed by atoms with van der Waals surface area (Å²) in [4.78, 5) is 0. The molecule has 3 heteroatoms. The van der Waals surface area contributed by atoms with E-state index in [4.69, 9.17) is 10.5 Å². The zero-order valence-corrected chi connectivity index (χ0v) is 9.61. The highest BCUT2D eigenvalue weighted by atomic mass is 19.1. The van der Waals surface area contributed by atoms with Crippen LogP contribution in [0.15, 0.2) is 42.5 Å². The number of rotatable bonds is 3. The highest BCUT2D eigenvalue weighted by Gasteiger charge is 2.04. The van der Waals surface area contributed by atoms with Gasteiger partial charge in [-0.3, -0.25) is 0 Å². The predicted molar refractivity (Wildman–Crippen MR) is 65.5 cm³/mol. The molecule has 0 aliphatic carbocycles. The molecule has 0 saturated carbocycles. The summed E-state index contributed by atoms with van der Waals surface area (Å²) >= 11 is 0. The number of halogens is 1. The second-order valence-electron chi connectivity index (χ2n) is 3.82. The van der Waals surface area contributed by atoms with Crippen LogP contribution in [0.25, 0.3) is 0 Å². The molecule has 0 fully saturated rings. The molecule has 2 N–H and O–H groups in total. The highest BCUT2D eigenvalue weighted by Crippen LogP contribution is 2.25. The average Bonchev–Trinajstić information content (AvgIpc) is 2.32. The summed E-state index contributed by atoms with van der Waals surface area (Å²) in [6, 6.07) is 11.9. The summed E-state index contributed by atoms with van der Waals surface area (Å²) in [5.74, 6) is 0.477. The van der Waals surface area contributed by atoms with Crippen molar-refractivity contribution in [2.75, 3.05) is 0 Å². The van der Waals surface area contributed by atoms with Crippen LogP contribution < -0.4 is 10.5 Å². The van der Waals surface area contributed by atoms with Crippen LogP contribution in [0.4, 0.5) is 4.39 Å². The zero-order chi connectivity index (χ0) is 12.3. The fourth-order valence-electron chi connectivity index (χ4n) is 1.62. The molecule has 2 nitrogen and oxygen atoms in total. The average molecular weight is 231 g/mol. The number of hydrogen-bond acceptors (Lipinski definition) is 2. The Labute approximate surface area is 99.8 Å². The van der Waals surface area contributed by atoms with Crippen LogP contribution in [0.2, 0.25) is 0 Å². The van der Waals surface area contributed by atoms with E-state index in [2.05, 4.69) is 0 Å². The maximum atomic E-state index is 13.4. The molecule has 0 aromatic heterocycles. The van der Waals surface area contributed by atoms with Crippen molar-refractivity contribution in [1.82, 2.24) is 0 Å². The van der Waals surface area contributed by atoms with E-state index in [0.717, 1.165) is 11.1 Å². The largest absolute Gasteiger partial charge is 0.454 e. The van der Waals surface area contributed by atoms with Gasteiger partial charge in [0.2, 0.25) is 0 Å². The molecule has 2 rings (SSSR count). The van der Waals surface area contributed by atoms with Crippen LogP contribution in [0.3, 0.4) is 0 Å². The Morgan fingerprint density at radius 1 is 1.18 bits per heavy atom. The van der Waals surface area contributed by atoms with Gasteiger partial charge in [0.05, 0.1) is 0 Å². The molecule has 0 amide bonds. The molecule has 88 valence electrons. The first-order chi connectivity index (χ1) is 8.20. The first kappa shape index (κ1) is 11.6. The van der Waals surface area contributed by atoms with Gasteiger partial charge in [0.15, 0.2) is 11.6 Å². The second-order valence-corrected chi connectivity index (χ2v) is 3.82. The molecule has 0 atom stereocenters. The van der Waals surface area contributed by atoms with E-state index < -0.39 is 0 Å². The summed E-state index contributed by atoms with van der Waals surface area (Å²) in [5, 5.41) is 0. The monoisotopic (exact) mass is 231 g/mol. The molecular weight excluding hydrogens is 217 g/mol. The SMILES string of the molecule is Cc1cc(Oc2ccccc2F)ccc1CN. The van der Waals surface area contributed by atoms with Crippen LogP contribution in [0.5, 0.6) is 11.5 Å². The topological polar surface area (TPSA) is 35.2 Å². The minimum atomic E-state index is -0.368. The van der Waals surface area contributed by atoms with E-state index in [1.54, 1.807) is 24.3 Å². The molecule has 0 saturated heterocycles. The lowest BCUT2D eigenvalue weighted by molar-refractivity contribution is 0.442. The Morgan fingerprint density at radius 3 is 2.59 bits per heavy atom. The van der Waals surface area contributed by atoms with Crippen molar-refractivity contribution in [3.8, 4) is 11.5 Å². The Morgan fingerprint density at radius 2 is 1.94 bits per heavy atom. The normalized spacial score (nSPS) is 10.3. The molecule has 17 heavy (non-hydrogen) atoms. The standard InChI is InChI=1S/C14H14FNO/c1-10-8-12(7-6-11(10)9-16)17-14-5-3-2-4-13(14)15/h2-8H,9,16H2,1H3. The fraction of sp³-hybridized carbons (Fsp3) is 0.143. The minimum absolute atomic E-state index is 0.229. The van der Waals surface area contributed by atoms with Gasteiger partial charge in [0.25, 0.3) is 0 Å². The van der Waals surface area contributed by atoms with E-state index in [0.29, 0.717) is 12.3 Å². The summed E-state index contributed by atoms with van der Waals surface area (Å²) < 4.78 is 18.8. The summed E-state index contributed by atoms with van der Waals surface area (Å²) in [5.41, 5.74) is 7.68. The lowest BCUT2D eigenvalue weighted by Gasteiger charge is -2.09. The van der Waals surface area contributed by atoms with Gasteiger partial charge < -0.3 is 10.5 Å². The Bertz CT molecular complexity index is 525. The van der Waals surface area contributed by atoms with E-state index >= 15 is 0 Å². The van der Waals surface area contributed by atoms with Crippen LogP contribution in [-0.4, -0.2) is 0 Å². The molecular formula is C14H14FNO. The van der Waals surface area contributed by atoms with Gasteiger partial charge in [0.1, 0.15) is 5.75 Å². The van der Waals surface area contributed by atoms with Crippen LogP contribution >= 0.6 is 0 Å².